The van der Waals surface area contributed by atoms with Crippen molar-refractivity contribution in [3.8, 4) is 0 Å². The number of cyclic esters (lactones) is 1. The van der Waals surface area contributed by atoms with Crippen LogP contribution in [-0.2, 0) is 34.2 Å². The first kappa shape index (κ1) is 50.7. The lowest BCUT2D eigenvalue weighted by Crippen LogP contribution is -2.53. The first-order chi connectivity index (χ1) is 25.6. The minimum atomic E-state index is -2.25. The summed E-state index contributed by atoms with van der Waals surface area (Å²) in [7, 11) is -6.41. The van der Waals surface area contributed by atoms with Crippen LogP contribution in [0.2, 0.25) is 54.4 Å². The SMILES string of the molecule is CC[Si](CC)(CC)O[C@H]1CC(=O)OC(/C(C)=C/c2csc(CO[Si](C)(C)C(C)(C)C)n2)C/C=C(/C)C/C=C/[C@H](C)[C@H](O[Si](C)(C)C(C)(C)C)C(C)C(=O)C1(C)C. The molecule has 0 amide bonds. The molecule has 2 rings (SSSR count). The Morgan fingerprint density at radius 3 is 2.07 bits per heavy atom. The molecule has 1 aliphatic rings. The number of aromatic nitrogens is 1. The summed E-state index contributed by atoms with van der Waals surface area (Å²) in [5.41, 5.74) is 1.97. The average Bonchev–Trinajstić information content (AvgIpc) is 3.54. The van der Waals surface area contributed by atoms with E-state index in [0.29, 0.717) is 13.0 Å². The van der Waals surface area contributed by atoms with E-state index in [2.05, 4.69) is 121 Å². The molecule has 2 unspecified atom stereocenters. The van der Waals surface area contributed by atoms with Gasteiger partial charge in [-0.1, -0.05) is 114 Å². The van der Waals surface area contributed by atoms with Crippen LogP contribution in [0.15, 0.2) is 34.8 Å². The zero-order valence-electron chi connectivity index (χ0n) is 39.0. The Morgan fingerprint density at radius 1 is 0.964 bits per heavy atom. The van der Waals surface area contributed by atoms with Crippen LogP contribution in [0.1, 0.15) is 134 Å². The van der Waals surface area contributed by atoms with Gasteiger partial charge in [0.15, 0.2) is 25.0 Å². The van der Waals surface area contributed by atoms with Crippen LogP contribution in [0.5, 0.6) is 0 Å². The molecule has 1 aromatic rings. The van der Waals surface area contributed by atoms with Crippen molar-refractivity contribution in [1.29, 1.82) is 0 Å². The van der Waals surface area contributed by atoms with Crippen LogP contribution in [0, 0.1) is 17.3 Å². The number of hydrogen-bond acceptors (Lipinski definition) is 8. The Balaban J connectivity index is 2.64. The fraction of sp³-hybridized carbons (Fsp3) is 0.756. The van der Waals surface area contributed by atoms with Gasteiger partial charge in [0.25, 0.3) is 0 Å². The summed E-state index contributed by atoms with van der Waals surface area (Å²) in [5.74, 6) is -0.694. The van der Waals surface area contributed by atoms with Crippen molar-refractivity contribution in [2.45, 2.75) is 202 Å². The molecule has 1 aromatic heterocycles. The fourth-order valence-electron chi connectivity index (χ4n) is 6.72. The molecule has 56 heavy (non-hydrogen) atoms. The van der Waals surface area contributed by atoms with Gasteiger partial charge in [-0.25, -0.2) is 4.98 Å². The summed E-state index contributed by atoms with van der Waals surface area (Å²) in [5, 5.41) is 3.09. The number of esters is 1. The molecule has 7 nitrogen and oxygen atoms in total. The molecule has 320 valence electrons. The second-order valence-corrected chi connectivity index (χ2v) is 35.4. The van der Waals surface area contributed by atoms with Gasteiger partial charge in [0.1, 0.15) is 16.9 Å². The molecule has 11 heteroatoms. The highest BCUT2D eigenvalue weighted by Gasteiger charge is 2.49. The van der Waals surface area contributed by atoms with E-state index in [1.54, 1.807) is 11.3 Å². The van der Waals surface area contributed by atoms with Crippen molar-refractivity contribution in [1.82, 2.24) is 4.98 Å². The summed E-state index contributed by atoms with van der Waals surface area (Å²) < 4.78 is 27.1. The van der Waals surface area contributed by atoms with E-state index in [4.69, 9.17) is 23.0 Å². The molecule has 0 fully saturated rings. The third-order valence-electron chi connectivity index (χ3n) is 13.4. The molecule has 5 atom stereocenters. The summed E-state index contributed by atoms with van der Waals surface area (Å²) in [6, 6.07) is 2.74. The van der Waals surface area contributed by atoms with Gasteiger partial charge in [-0.2, -0.15) is 0 Å². The van der Waals surface area contributed by atoms with E-state index in [1.807, 2.05) is 39.2 Å². The van der Waals surface area contributed by atoms with Crippen molar-refractivity contribution in [3.63, 3.8) is 0 Å². The third kappa shape index (κ3) is 13.5. The number of rotatable bonds is 12. The van der Waals surface area contributed by atoms with E-state index >= 15 is 0 Å². The molecule has 0 bridgehead atoms. The van der Waals surface area contributed by atoms with Gasteiger partial charge in [0.05, 0.1) is 30.9 Å². The molecular formula is C45H81NO6SSi3. The second-order valence-electron chi connectivity index (χ2n) is 20.1. The smallest absolute Gasteiger partial charge is 0.309 e. The lowest BCUT2D eigenvalue weighted by molar-refractivity contribution is -0.153. The van der Waals surface area contributed by atoms with E-state index < -0.39 is 48.5 Å². The Morgan fingerprint density at radius 2 is 1.54 bits per heavy atom. The number of hydrogen-bond donors (Lipinski definition) is 0. The summed E-state index contributed by atoms with van der Waals surface area (Å²) >= 11 is 1.60. The third-order valence-corrected chi connectivity index (χ3v) is 27.9. The molecule has 0 radical (unpaired) electrons. The first-order valence-corrected chi connectivity index (χ1v) is 30.5. The first-order valence-electron chi connectivity index (χ1n) is 21.2. The van der Waals surface area contributed by atoms with Crippen molar-refractivity contribution in [3.05, 3.63) is 45.5 Å². The molecule has 0 saturated heterocycles. The minimum absolute atomic E-state index is 0.00153. The van der Waals surface area contributed by atoms with Crippen molar-refractivity contribution < 1.29 is 27.6 Å². The predicted octanol–water partition coefficient (Wildman–Crippen LogP) is 13.3. The second kappa shape index (κ2) is 20.2. The molecule has 0 spiro atoms. The lowest BCUT2D eigenvalue weighted by Gasteiger charge is -2.45. The Bertz CT molecular complexity index is 1530. The van der Waals surface area contributed by atoms with Gasteiger partial charge >= 0.3 is 5.97 Å². The molecule has 0 saturated carbocycles. The van der Waals surface area contributed by atoms with E-state index in [0.717, 1.165) is 40.8 Å². The molecular weight excluding hydrogens is 767 g/mol. The highest BCUT2D eigenvalue weighted by molar-refractivity contribution is 7.09. The maximum Gasteiger partial charge on any atom is 0.309 e. The highest BCUT2D eigenvalue weighted by Crippen LogP contribution is 2.42. The summed E-state index contributed by atoms with van der Waals surface area (Å²) in [6.45, 7) is 41.8. The lowest BCUT2D eigenvalue weighted by atomic mass is 9.73. The van der Waals surface area contributed by atoms with Gasteiger partial charge in [0.2, 0.25) is 0 Å². The van der Waals surface area contributed by atoms with Gasteiger partial charge in [-0.3, -0.25) is 9.59 Å². The van der Waals surface area contributed by atoms with Crippen LogP contribution in [0.25, 0.3) is 6.08 Å². The van der Waals surface area contributed by atoms with Crippen LogP contribution < -0.4 is 0 Å². The molecule has 1 aliphatic heterocycles. The Labute approximate surface area is 350 Å². The van der Waals surface area contributed by atoms with Crippen LogP contribution >= 0.6 is 11.3 Å². The number of ketones is 1. The van der Waals surface area contributed by atoms with Gasteiger partial charge in [-0.05, 0) is 92.2 Å². The van der Waals surface area contributed by atoms with Gasteiger partial charge < -0.3 is 18.0 Å². The van der Waals surface area contributed by atoms with Crippen LogP contribution in [0.3, 0.4) is 0 Å². The zero-order chi connectivity index (χ0) is 43.1. The topological polar surface area (TPSA) is 84.0 Å². The van der Waals surface area contributed by atoms with Crippen molar-refractivity contribution >= 4 is 54.1 Å². The maximum absolute atomic E-state index is 15.0. The maximum atomic E-state index is 15.0. The monoisotopic (exact) mass is 848 g/mol. The number of ether oxygens (including phenoxy) is 1. The number of carbonyl (C=O) groups is 2. The number of Topliss-reactive ketones (excluding diaryl/α,β-unsaturated/α-hetero) is 1. The van der Waals surface area contributed by atoms with Gasteiger partial charge in [-0.15, -0.1) is 11.3 Å². The van der Waals surface area contributed by atoms with Gasteiger partial charge in [0, 0.05) is 23.1 Å². The molecule has 0 aliphatic carbocycles. The van der Waals surface area contributed by atoms with Crippen LogP contribution in [0.4, 0.5) is 0 Å². The number of nitrogens with zero attached hydrogens (tertiary/aromatic N) is 1. The van der Waals surface area contributed by atoms with E-state index in [-0.39, 0.29) is 40.3 Å². The minimum Gasteiger partial charge on any atom is -0.457 e. The quantitative estimate of drug-likeness (QED) is 0.118. The number of thiazole rings is 1. The largest absolute Gasteiger partial charge is 0.457 e. The normalized spacial score (nSPS) is 26.1. The molecule has 2 heterocycles. The standard InChI is InChI=1S/C45H81NO6SSi3/c1-20-56(21-2,22-3)51-38-29-40(47)50-37(34(6)28-36-31-53-39(46-36)30-49-54(16,17)43(8,9)10)27-26-32(4)24-23-25-33(5)41(35(7)42(48)45(38,14)15)52-55(18,19)44(11,12)13/h23,25-26,28,31,33,35,37-38,41H,20-22,24,27,29-30H2,1-19H3/b25-23+,32-26-,34-28+/t33-,35?,37?,38-,41-/m0/s1. The fourth-order valence-corrected chi connectivity index (χ4v) is 12.9. The van der Waals surface area contributed by atoms with E-state index in [1.165, 1.54) is 5.57 Å². The van der Waals surface area contributed by atoms with E-state index in [9.17, 15) is 9.59 Å². The predicted molar refractivity (Wildman–Crippen MR) is 246 cm³/mol. The van der Waals surface area contributed by atoms with Crippen molar-refractivity contribution in [2.24, 2.45) is 17.3 Å². The molecule has 0 N–H and O–H groups in total. The Hall–Kier alpha value is -1.48. The summed E-state index contributed by atoms with van der Waals surface area (Å²) in [6.07, 6.45) is 8.51. The zero-order valence-corrected chi connectivity index (χ0v) is 42.8. The average molecular weight is 848 g/mol. The van der Waals surface area contributed by atoms with Crippen molar-refractivity contribution in [2.75, 3.05) is 0 Å². The highest BCUT2D eigenvalue weighted by atomic mass is 32.1. The number of carbonyl (C=O) groups excluding carboxylic acids is 2. The summed E-state index contributed by atoms with van der Waals surface area (Å²) in [4.78, 5) is 34.1. The molecule has 0 aromatic carbocycles. The number of allylic oxidation sites excluding steroid dienone is 2. The Kier molecular flexibility index (Phi) is 18.3. The van der Waals surface area contributed by atoms with Crippen LogP contribution in [-0.4, -0.2) is 60.0 Å².